The second-order valence-electron chi connectivity index (χ2n) is 5.46. The maximum Gasteiger partial charge on any atom is 0.416 e. The fourth-order valence-electron chi connectivity index (χ4n) is 2.56. The summed E-state index contributed by atoms with van der Waals surface area (Å²) in [5, 5.41) is 0. The maximum absolute atomic E-state index is 12.6. The first-order valence-electron chi connectivity index (χ1n) is 6.80. The molecule has 0 spiro atoms. The molecule has 1 heterocycles. The Morgan fingerprint density at radius 2 is 2.15 bits per heavy atom. The van der Waals surface area contributed by atoms with Gasteiger partial charge < -0.3 is 4.90 Å². The predicted octanol–water partition coefficient (Wildman–Crippen LogP) is 3.51. The van der Waals surface area contributed by atoms with Crippen molar-refractivity contribution in [1.82, 2.24) is 4.90 Å². The molecule has 1 aliphatic heterocycles. The van der Waals surface area contributed by atoms with Crippen molar-refractivity contribution in [2.24, 2.45) is 5.92 Å². The molecule has 0 aromatic heterocycles. The minimum atomic E-state index is -4.36. The van der Waals surface area contributed by atoms with Gasteiger partial charge in [0.25, 0.3) is 0 Å². The average molecular weight is 285 g/mol. The second kappa shape index (κ2) is 5.85. The predicted molar refractivity (Wildman–Crippen MR) is 70.1 cm³/mol. The topological polar surface area (TPSA) is 20.3 Å². The molecule has 0 N–H and O–H groups in total. The molecule has 0 bridgehead atoms. The molecule has 1 atom stereocenters. The van der Waals surface area contributed by atoms with E-state index in [2.05, 4.69) is 6.92 Å². The third-order valence-corrected chi connectivity index (χ3v) is 3.62. The summed E-state index contributed by atoms with van der Waals surface area (Å²) in [4.78, 5) is 13.9. The maximum atomic E-state index is 12.6. The van der Waals surface area contributed by atoms with Crippen LogP contribution in [0.1, 0.15) is 30.9 Å². The first-order chi connectivity index (χ1) is 9.36. The van der Waals surface area contributed by atoms with E-state index in [1.54, 1.807) is 11.0 Å². The molecule has 0 saturated carbocycles. The Kier molecular flexibility index (Phi) is 4.35. The van der Waals surface area contributed by atoms with E-state index in [-0.39, 0.29) is 12.3 Å². The van der Waals surface area contributed by atoms with Crippen LogP contribution in [-0.4, -0.2) is 23.9 Å². The van der Waals surface area contributed by atoms with Gasteiger partial charge in [-0.05, 0) is 30.4 Å². The van der Waals surface area contributed by atoms with E-state index >= 15 is 0 Å². The summed E-state index contributed by atoms with van der Waals surface area (Å²) in [7, 11) is 0. The third kappa shape index (κ3) is 3.74. The van der Waals surface area contributed by atoms with Gasteiger partial charge in [0, 0.05) is 13.1 Å². The van der Waals surface area contributed by atoms with Gasteiger partial charge in [0.15, 0.2) is 0 Å². The largest absolute Gasteiger partial charge is 0.416 e. The molecule has 1 amide bonds. The zero-order chi connectivity index (χ0) is 14.8. The lowest BCUT2D eigenvalue weighted by Gasteiger charge is -2.31. The van der Waals surface area contributed by atoms with Gasteiger partial charge in [-0.2, -0.15) is 13.2 Å². The molecule has 0 aliphatic carbocycles. The quantitative estimate of drug-likeness (QED) is 0.814. The van der Waals surface area contributed by atoms with Crippen molar-refractivity contribution < 1.29 is 18.0 Å². The van der Waals surface area contributed by atoms with Gasteiger partial charge in [-0.15, -0.1) is 0 Å². The molecule has 5 heteroatoms. The Balaban J connectivity index is 2.04. The van der Waals surface area contributed by atoms with Gasteiger partial charge in [-0.25, -0.2) is 0 Å². The Hall–Kier alpha value is -1.52. The van der Waals surface area contributed by atoms with Crippen LogP contribution in [0.4, 0.5) is 13.2 Å². The minimum Gasteiger partial charge on any atom is -0.342 e. The van der Waals surface area contributed by atoms with Crippen LogP contribution in [0.2, 0.25) is 0 Å². The molecule has 1 saturated heterocycles. The number of carbonyl (C=O) groups excluding carboxylic acids is 1. The minimum absolute atomic E-state index is 0.0383. The summed E-state index contributed by atoms with van der Waals surface area (Å²) in [6.45, 7) is 3.50. The Morgan fingerprint density at radius 3 is 2.80 bits per heavy atom. The number of nitrogens with zero attached hydrogens (tertiary/aromatic N) is 1. The number of benzene rings is 1. The molecule has 1 aromatic carbocycles. The Morgan fingerprint density at radius 1 is 1.40 bits per heavy atom. The lowest BCUT2D eigenvalue weighted by molar-refractivity contribution is -0.138. The number of hydrogen-bond acceptors (Lipinski definition) is 1. The Labute approximate surface area is 116 Å². The second-order valence-corrected chi connectivity index (χ2v) is 5.46. The average Bonchev–Trinajstić information content (AvgIpc) is 2.38. The summed E-state index contributed by atoms with van der Waals surface area (Å²) in [5.74, 6) is 0.380. The molecule has 0 radical (unpaired) electrons. The number of rotatable bonds is 2. The summed E-state index contributed by atoms with van der Waals surface area (Å²) >= 11 is 0. The highest BCUT2D eigenvalue weighted by Crippen LogP contribution is 2.29. The van der Waals surface area contributed by atoms with Gasteiger partial charge in [0.05, 0.1) is 12.0 Å². The van der Waals surface area contributed by atoms with E-state index in [1.165, 1.54) is 6.07 Å². The molecule has 20 heavy (non-hydrogen) atoms. The van der Waals surface area contributed by atoms with Crippen molar-refractivity contribution in [3.8, 4) is 0 Å². The van der Waals surface area contributed by atoms with Gasteiger partial charge in [-0.3, -0.25) is 4.79 Å². The van der Waals surface area contributed by atoms with Gasteiger partial charge in [0.2, 0.25) is 5.91 Å². The zero-order valence-corrected chi connectivity index (χ0v) is 11.4. The van der Waals surface area contributed by atoms with E-state index < -0.39 is 11.7 Å². The van der Waals surface area contributed by atoms with Crippen molar-refractivity contribution in [1.29, 1.82) is 0 Å². The van der Waals surface area contributed by atoms with Crippen LogP contribution >= 0.6 is 0 Å². The smallest absolute Gasteiger partial charge is 0.342 e. The molecule has 2 rings (SSSR count). The number of piperidine rings is 1. The van der Waals surface area contributed by atoms with E-state index in [0.29, 0.717) is 24.6 Å². The summed E-state index contributed by atoms with van der Waals surface area (Å²) in [5.41, 5.74) is -0.280. The number of alkyl halides is 3. The molecular formula is C15H18F3NO. The third-order valence-electron chi connectivity index (χ3n) is 3.62. The zero-order valence-electron chi connectivity index (χ0n) is 11.4. The van der Waals surface area contributed by atoms with Gasteiger partial charge >= 0.3 is 6.18 Å². The van der Waals surface area contributed by atoms with Gasteiger partial charge in [-0.1, -0.05) is 25.1 Å². The van der Waals surface area contributed by atoms with Crippen molar-refractivity contribution in [3.05, 3.63) is 35.4 Å². The monoisotopic (exact) mass is 285 g/mol. The highest BCUT2D eigenvalue weighted by molar-refractivity contribution is 5.78. The number of halogens is 3. The van der Waals surface area contributed by atoms with Crippen LogP contribution in [0.15, 0.2) is 24.3 Å². The fourth-order valence-corrected chi connectivity index (χ4v) is 2.56. The van der Waals surface area contributed by atoms with E-state index in [9.17, 15) is 18.0 Å². The summed E-state index contributed by atoms with van der Waals surface area (Å²) in [6, 6.07) is 5.01. The number of likely N-dealkylation sites (tertiary alicyclic amines) is 1. The van der Waals surface area contributed by atoms with Crippen LogP contribution in [0.5, 0.6) is 0 Å². The molecule has 1 fully saturated rings. The normalized spacial score (nSPS) is 20.0. The molecule has 110 valence electrons. The highest BCUT2D eigenvalue weighted by Gasteiger charge is 2.30. The van der Waals surface area contributed by atoms with Crippen LogP contribution in [0, 0.1) is 5.92 Å². The number of hydrogen-bond donors (Lipinski definition) is 0. The molecule has 1 aromatic rings. The van der Waals surface area contributed by atoms with Crippen molar-refractivity contribution >= 4 is 5.91 Å². The van der Waals surface area contributed by atoms with Crippen molar-refractivity contribution in [3.63, 3.8) is 0 Å². The van der Waals surface area contributed by atoms with Crippen LogP contribution in [0.25, 0.3) is 0 Å². The highest BCUT2D eigenvalue weighted by atomic mass is 19.4. The lowest BCUT2D eigenvalue weighted by atomic mass is 9.99. The van der Waals surface area contributed by atoms with E-state index in [4.69, 9.17) is 0 Å². The van der Waals surface area contributed by atoms with Crippen LogP contribution in [-0.2, 0) is 17.4 Å². The molecular weight excluding hydrogens is 267 g/mol. The number of amides is 1. The van der Waals surface area contributed by atoms with Crippen molar-refractivity contribution in [2.45, 2.75) is 32.4 Å². The molecule has 1 aliphatic rings. The van der Waals surface area contributed by atoms with Gasteiger partial charge in [0.1, 0.15) is 0 Å². The lowest BCUT2D eigenvalue weighted by Crippen LogP contribution is -2.39. The Bertz CT molecular complexity index is 484. The standard InChI is InChI=1S/C15H18F3NO/c1-11-4-3-7-19(10-11)14(20)9-12-5-2-6-13(8-12)15(16,17)18/h2,5-6,8,11H,3-4,7,9-10H2,1H3. The van der Waals surface area contributed by atoms with E-state index in [1.807, 2.05) is 0 Å². The molecule has 2 nitrogen and oxygen atoms in total. The summed E-state index contributed by atoms with van der Waals surface area (Å²) in [6.07, 6.45) is -2.25. The summed E-state index contributed by atoms with van der Waals surface area (Å²) < 4.78 is 37.8. The van der Waals surface area contributed by atoms with Crippen molar-refractivity contribution in [2.75, 3.05) is 13.1 Å². The molecule has 1 unspecified atom stereocenters. The number of carbonyl (C=O) groups is 1. The van der Waals surface area contributed by atoms with Crippen LogP contribution < -0.4 is 0 Å². The SMILES string of the molecule is CC1CCCN(C(=O)Cc2cccc(C(F)(F)F)c2)C1. The van der Waals surface area contributed by atoms with E-state index in [0.717, 1.165) is 25.0 Å². The van der Waals surface area contributed by atoms with Crippen LogP contribution in [0.3, 0.4) is 0 Å². The first-order valence-corrected chi connectivity index (χ1v) is 6.80. The first kappa shape index (κ1) is 14.9. The fraction of sp³-hybridized carbons (Fsp3) is 0.533.